The summed E-state index contributed by atoms with van der Waals surface area (Å²) in [5.74, 6) is 5.93. The maximum absolute atomic E-state index is 11.0. The number of hydrogen-bond acceptors (Lipinski definition) is 2. The highest BCUT2D eigenvalue weighted by atomic mass is 79.9. The van der Waals surface area contributed by atoms with E-state index in [2.05, 4.69) is 32.8 Å². The van der Waals surface area contributed by atoms with Gasteiger partial charge in [0.15, 0.2) is 5.78 Å². The Labute approximate surface area is 91.9 Å². The van der Waals surface area contributed by atoms with Crippen LogP contribution in [0, 0.1) is 11.8 Å². The van der Waals surface area contributed by atoms with Gasteiger partial charge in [0, 0.05) is 35.3 Å². The number of ketones is 1. The molecule has 3 heteroatoms. The van der Waals surface area contributed by atoms with Crippen LogP contribution in [-0.2, 0) is 0 Å². The van der Waals surface area contributed by atoms with E-state index in [1.165, 1.54) is 6.92 Å². The zero-order chi connectivity index (χ0) is 10.4. The second-order valence-electron chi connectivity index (χ2n) is 2.76. The van der Waals surface area contributed by atoms with E-state index >= 15 is 0 Å². The summed E-state index contributed by atoms with van der Waals surface area (Å²) in [5.41, 5.74) is 1.40. The molecule has 0 spiro atoms. The standard InChI is InChI=1S/C11H10BrNO/c1-9(14)11-6-10(7-13-8-11)4-2-3-5-12/h6-8H,3,5H2,1H3. The topological polar surface area (TPSA) is 30.0 Å². The van der Waals surface area contributed by atoms with Crippen LogP contribution in [0.25, 0.3) is 0 Å². The number of carbonyl (C=O) groups is 1. The van der Waals surface area contributed by atoms with Crippen molar-refractivity contribution in [3.05, 3.63) is 29.6 Å². The van der Waals surface area contributed by atoms with Crippen molar-refractivity contribution < 1.29 is 4.79 Å². The molecule has 14 heavy (non-hydrogen) atoms. The summed E-state index contributed by atoms with van der Waals surface area (Å²) in [6, 6.07) is 1.76. The van der Waals surface area contributed by atoms with E-state index in [4.69, 9.17) is 0 Å². The lowest BCUT2D eigenvalue weighted by Crippen LogP contribution is -1.93. The third-order valence-corrected chi connectivity index (χ3v) is 1.99. The zero-order valence-electron chi connectivity index (χ0n) is 7.88. The Kier molecular flexibility index (Phi) is 4.34. The zero-order valence-corrected chi connectivity index (χ0v) is 9.47. The molecular formula is C11H10BrNO. The Balaban J connectivity index is 2.85. The molecule has 0 saturated heterocycles. The van der Waals surface area contributed by atoms with Gasteiger partial charge in [-0.05, 0) is 13.0 Å². The van der Waals surface area contributed by atoms with Crippen molar-refractivity contribution in [1.29, 1.82) is 0 Å². The number of carbonyl (C=O) groups excluding carboxylic acids is 1. The van der Waals surface area contributed by atoms with E-state index in [0.717, 1.165) is 17.3 Å². The van der Waals surface area contributed by atoms with Gasteiger partial charge < -0.3 is 0 Å². The highest BCUT2D eigenvalue weighted by Gasteiger charge is 1.98. The molecule has 0 fully saturated rings. The average Bonchev–Trinajstić information content (AvgIpc) is 2.19. The van der Waals surface area contributed by atoms with Gasteiger partial charge in [-0.1, -0.05) is 27.8 Å². The first-order valence-corrected chi connectivity index (χ1v) is 5.37. The molecule has 72 valence electrons. The molecule has 0 bridgehead atoms. The molecule has 0 amide bonds. The smallest absolute Gasteiger partial charge is 0.161 e. The second-order valence-corrected chi connectivity index (χ2v) is 3.55. The maximum atomic E-state index is 11.0. The first-order valence-electron chi connectivity index (χ1n) is 4.25. The number of alkyl halides is 1. The molecule has 1 heterocycles. The summed E-state index contributed by atoms with van der Waals surface area (Å²) >= 11 is 3.29. The normalized spacial score (nSPS) is 9.00. The molecule has 1 rings (SSSR count). The summed E-state index contributed by atoms with van der Waals surface area (Å²) in [5, 5.41) is 0.861. The van der Waals surface area contributed by atoms with Gasteiger partial charge in [-0.2, -0.15) is 0 Å². The van der Waals surface area contributed by atoms with E-state index in [0.29, 0.717) is 5.56 Å². The van der Waals surface area contributed by atoms with Crippen LogP contribution in [0.1, 0.15) is 29.3 Å². The number of rotatable bonds is 2. The minimum atomic E-state index is 0.0154. The minimum absolute atomic E-state index is 0.0154. The lowest BCUT2D eigenvalue weighted by Gasteiger charge is -1.94. The molecule has 1 aromatic heterocycles. The van der Waals surface area contributed by atoms with Gasteiger partial charge in [0.25, 0.3) is 0 Å². The van der Waals surface area contributed by atoms with Gasteiger partial charge in [0.2, 0.25) is 0 Å². The number of aromatic nitrogens is 1. The largest absolute Gasteiger partial charge is 0.294 e. The summed E-state index contributed by atoms with van der Waals surface area (Å²) in [6.07, 6.45) is 4.01. The number of nitrogens with zero attached hydrogens (tertiary/aromatic N) is 1. The number of pyridine rings is 1. The Morgan fingerprint density at radius 1 is 1.57 bits per heavy atom. The van der Waals surface area contributed by atoms with Gasteiger partial charge in [0.1, 0.15) is 0 Å². The molecule has 0 unspecified atom stereocenters. The third-order valence-electron chi connectivity index (χ3n) is 1.60. The summed E-state index contributed by atoms with van der Waals surface area (Å²) < 4.78 is 0. The molecule has 0 aromatic carbocycles. The first kappa shape index (κ1) is 10.9. The van der Waals surface area contributed by atoms with E-state index in [9.17, 15) is 4.79 Å². The van der Waals surface area contributed by atoms with E-state index < -0.39 is 0 Å². The molecule has 0 saturated carbocycles. The van der Waals surface area contributed by atoms with Crippen LogP contribution in [0.15, 0.2) is 18.5 Å². The van der Waals surface area contributed by atoms with Crippen molar-refractivity contribution in [2.75, 3.05) is 5.33 Å². The van der Waals surface area contributed by atoms with Gasteiger partial charge in [0.05, 0.1) is 0 Å². The predicted molar refractivity (Wildman–Crippen MR) is 59.5 cm³/mol. The van der Waals surface area contributed by atoms with E-state index in [-0.39, 0.29) is 5.78 Å². The number of hydrogen-bond donors (Lipinski definition) is 0. The fourth-order valence-corrected chi connectivity index (χ4v) is 1.11. The molecule has 0 aliphatic rings. The fourth-order valence-electron chi connectivity index (χ4n) is 0.913. The molecule has 0 radical (unpaired) electrons. The van der Waals surface area contributed by atoms with Crippen LogP contribution in [0.5, 0.6) is 0 Å². The Morgan fingerprint density at radius 3 is 3.00 bits per heavy atom. The SMILES string of the molecule is CC(=O)c1cncc(C#CCCBr)c1. The number of halogens is 1. The van der Waals surface area contributed by atoms with Crippen molar-refractivity contribution in [3.8, 4) is 11.8 Å². The Bertz CT molecular complexity index is 390. The Morgan fingerprint density at radius 2 is 2.36 bits per heavy atom. The predicted octanol–water partition coefficient (Wildman–Crippen LogP) is 2.42. The molecule has 0 N–H and O–H groups in total. The summed E-state index contributed by atoms with van der Waals surface area (Å²) in [6.45, 7) is 1.52. The molecule has 1 aromatic rings. The Hall–Kier alpha value is -1.14. The van der Waals surface area contributed by atoms with Crippen LogP contribution in [0.4, 0.5) is 0 Å². The van der Waals surface area contributed by atoms with Crippen molar-refractivity contribution in [2.45, 2.75) is 13.3 Å². The lowest BCUT2D eigenvalue weighted by molar-refractivity contribution is 0.101. The van der Waals surface area contributed by atoms with Gasteiger partial charge in [-0.15, -0.1) is 0 Å². The van der Waals surface area contributed by atoms with Crippen molar-refractivity contribution in [3.63, 3.8) is 0 Å². The average molecular weight is 252 g/mol. The van der Waals surface area contributed by atoms with Crippen LogP contribution in [0.2, 0.25) is 0 Å². The second kappa shape index (κ2) is 5.56. The first-order chi connectivity index (χ1) is 6.74. The molecule has 0 aliphatic carbocycles. The molecule has 0 aliphatic heterocycles. The van der Waals surface area contributed by atoms with Gasteiger partial charge in [-0.25, -0.2) is 0 Å². The van der Waals surface area contributed by atoms with Crippen LogP contribution >= 0.6 is 15.9 Å². The van der Waals surface area contributed by atoms with Crippen molar-refractivity contribution >= 4 is 21.7 Å². The van der Waals surface area contributed by atoms with Gasteiger partial charge in [-0.3, -0.25) is 9.78 Å². The fraction of sp³-hybridized carbons (Fsp3) is 0.273. The molecule has 2 nitrogen and oxygen atoms in total. The number of Topliss-reactive ketones (excluding diaryl/α,β-unsaturated/α-hetero) is 1. The maximum Gasteiger partial charge on any atom is 0.161 e. The highest BCUT2D eigenvalue weighted by molar-refractivity contribution is 9.09. The summed E-state index contributed by atoms with van der Waals surface area (Å²) in [7, 11) is 0. The van der Waals surface area contributed by atoms with Crippen LogP contribution in [0.3, 0.4) is 0 Å². The van der Waals surface area contributed by atoms with Crippen LogP contribution < -0.4 is 0 Å². The minimum Gasteiger partial charge on any atom is -0.294 e. The quantitative estimate of drug-likeness (QED) is 0.459. The van der Waals surface area contributed by atoms with Crippen molar-refractivity contribution in [2.24, 2.45) is 0 Å². The monoisotopic (exact) mass is 251 g/mol. The van der Waals surface area contributed by atoms with Crippen molar-refractivity contribution in [1.82, 2.24) is 4.98 Å². The van der Waals surface area contributed by atoms with E-state index in [1.807, 2.05) is 0 Å². The van der Waals surface area contributed by atoms with Gasteiger partial charge >= 0.3 is 0 Å². The van der Waals surface area contributed by atoms with E-state index in [1.54, 1.807) is 18.5 Å². The highest BCUT2D eigenvalue weighted by Crippen LogP contribution is 2.02. The summed E-state index contributed by atoms with van der Waals surface area (Å²) in [4.78, 5) is 15.0. The lowest BCUT2D eigenvalue weighted by atomic mass is 10.1. The third kappa shape index (κ3) is 3.31. The molecule has 0 atom stereocenters. The molecular weight excluding hydrogens is 242 g/mol. The van der Waals surface area contributed by atoms with Crippen LogP contribution in [-0.4, -0.2) is 16.1 Å².